The second-order valence-electron chi connectivity index (χ2n) is 20.9. The lowest BCUT2D eigenvalue weighted by atomic mass is 9.86. The summed E-state index contributed by atoms with van der Waals surface area (Å²) in [5.41, 5.74) is 3.59. The summed E-state index contributed by atoms with van der Waals surface area (Å²) in [5, 5.41) is 1.80. The van der Waals surface area contributed by atoms with Crippen LogP contribution >= 0.6 is 0 Å². The highest BCUT2D eigenvalue weighted by Gasteiger charge is 2.25. The monoisotopic (exact) mass is 923 g/mol. The van der Waals surface area contributed by atoms with Gasteiger partial charge in [0.05, 0.1) is 0 Å². The molecule has 2 rings (SSSR count). The normalized spacial score (nSPS) is 12.0. The predicted molar refractivity (Wildman–Crippen MR) is 290 cm³/mol. The Bertz CT molecular complexity index is 1460. The molecule has 2 aromatic carbocycles. The molecule has 0 aliphatic heterocycles. The van der Waals surface area contributed by atoms with Crippen molar-refractivity contribution in [3.63, 3.8) is 0 Å². The van der Waals surface area contributed by atoms with E-state index in [2.05, 4.69) is 32.9 Å². The van der Waals surface area contributed by atoms with Crippen LogP contribution in [-0.2, 0) is 29.4 Å². The zero-order valence-electron chi connectivity index (χ0n) is 43.9. The Hall–Kier alpha value is -1.39. The molecule has 2 aromatic rings. The molecule has 0 aromatic heterocycles. The molecule has 4 heteroatoms. The fourth-order valence-electron chi connectivity index (χ4n) is 10.8. The van der Waals surface area contributed by atoms with Crippen LogP contribution < -0.4 is 0 Å². The number of hydrogen-bond donors (Lipinski definition) is 1. The quantitative estimate of drug-likeness (QED) is 0.0531. The van der Waals surface area contributed by atoms with Gasteiger partial charge in [-0.05, 0) is 60.6 Å². The smallest absolute Gasteiger partial charge is 0.282 e. The lowest BCUT2D eigenvalue weighted by molar-refractivity contribution is 0.482. The first-order valence-electron chi connectivity index (χ1n) is 29.5. The highest BCUT2D eigenvalue weighted by molar-refractivity contribution is 7.86. The van der Waals surface area contributed by atoms with Crippen LogP contribution in [0, 0.1) is 0 Å². The van der Waals surface area contributed by atoms with Crippen molar-refractivity contribution in [2.45, 2.75) is 334 Å². The minimum atomic E-state index is -4.38. The van der Waals surface area contributed by atoms with E-state index in [-0.39, 0.29) is 4.90 Å². The Labute approximate surface area is 406 Å². The van der Waals surface area contributed by atoms with E-state index in [0.717, 1.165) is 61.3 Å². The minimum absolute atomic E-state index is 0.217. The van der Waals surface area contributed by atoms with Crippen LogP contribution in [0.3, 0.4) is 0 Å². The van der Waals surface area contributed by atoms with Gasteiger partial charge in [0.25, 0.3) is 10.1 Å². The zero-order valence-corrected chi connectivity index (χ0v) is 44.7. The lowest BCUT2D eigenvalue weighted by Gasteiger charge is -2.22. The van der Waals surface area contributed by atoms with Crippen LogP contribution in [-0.4, -0.2) is 13.0 Å². The molecule has 0 aliphatic rings. The van der Waals surface area contributed by atoms with Crippen LogP contribution in [0.5, 0.6) is 0 Å². The molecule has 0 bridgehead atoms. The molecule has 0 radical (unpaired) electrons. The van der Waals surface area contributed by atoms with Crippen molar-refractivity contribution in [1.82, 2.24) is 0 Å². The Morgan fingerprint density at radius 1 is 0.292 bits per heavy atom. The van der Waals surface area contributed by atoms with Gasteiger partial charge >= 0.3 is 0 Å². The van der Waals surface area contributed by atoms with Crippen molar-refractivity contribution in [3.05, 3.63) is 41.0 Å². The third kappa shape index (κ3) is 30.7. The summed E-state index contributed by atoms with van der Waals surface area (Å²) >= 11 is 0. The van der Waals surface area contributed by atoms with Crippen LogP contribution in [0.25, 0.3) is 10.8 Å². The molecule has 0 unspecified atom stereocenters. The third-order valence-corrected chi connectivity index (χ3v) is 15.8. The number of benzene rings is 2. The molecule has 3 nitrogen and oxygen atoms in total. The van der Waals surface area contributed by atoms with E-state index in [1.807, 2.05) is 12.1 Å². The molecule has 0 spiro atoms. The summed E-state index contributed by atoms with van der Waals surface area (Å²) in [6.07, 6.45) is 63.0. The van der Waals surface area contributed by atoms with Gasteiger partial charge in [-0.25, -0.2) is 0 Å². The van der Waals surface area contributed by atoms with Crippen LogP contribution in [0.1, 0.15) is 326 Å². The Balaban J connectivity index is 1.97. The fraction of sp³-hybridized carbons (Fsp3) is 0.836. The maximum Gasteiger partial charge on any atom is 0.295 e. The minimum Gasteiger partial charge on any atom is -0.282 e. The highest BCUT2D eigenvalue weighted by Crippen LogP contribution is 2.37. The third-order valence-electron chi connectivity index (χ3n) is 14.8. The molecule has 0 fully saturated rings. The zero-order chi connectivity index (χ0) is 46.7. The average molecular weight is 924 g/mol. The maximum atomic E-state index is 13.4. The van der Waals surface area contributed by atoms with Gasteiger partial charge in [0.15, 0.2) is 0 Å². The van der Waals surface area contributed by atoms with Crippen molar-refractivity contribution in [2.24, 2.45) is 0 Å². The van der Waals surface area contributed by atoms with Gasteiger partial charge in [0.2, 0.25) is 0 Å². The molecule has 65 heavy (non-hydrogen) atoms. The number of rotatable bonds is 49. The van der Waals surface area contributed by atoms with Crippen molar-refractivity contribution in [1.29, 1.82) is 0 Å². The van der Waals surface area contributed by atoms with Gasteiger partial charge in [-0.3, -0.25) is 4.55 Å². The Kier molecular flexibility index (Phi) is 39.2. The van der Waals surface area contributed by atoms with Crippen LogP contribution in [0.4, 0.5) is 0 Å². The summed E-state index contributed by atoms with van der Waals surface area (Å²) < 4.78 is 37.6. The van der Waals surface area contributed by atoms with E-state index in [0.29, 0.717) is 0 Å². The summed E-state index contributed by atoms with van der Waals surface area (Å²) in [5.74, 6) is 0. The topological polar surface area (TPSA) is 54.4 Å². The average Bonchev–Trinajstić information content (AvgIpc) is 3.30. The second-order valence-corrected chi connectivity index (χ2v) is 22.2. The molecule has 0 atom stereocenters. The molecule has 0 amide bonds. The standard InChI is InChI=1S/C61H110O3S/c1-4-7-10-13-16-19-22-25-28-31-34-37-40-43-46-51-56-57(52-47-44-41-38-35-32-29-26-23-20-17-14-11-8-5-2)59(61(65(62,63)64)60-55-50-49-53-58(56)60)54-48-45-42-39-36-33-30-27-24-21-18-15-12-9-6-3/h49-50,53,55H,4-48,51-52,54H2,1-3H3,(H,62,63,64). The fourth-order valence-corrected chi connectivity index (χ4v) is 11.7. The van der Waals surface area contributed by atoms with Crippen molar-refractivity contribution < 1.29 is 13.0 Å². The molecule has 0 heterocycles. The van der Waals surface area contributed by atoms with Gasteiger partial charge in [-0.2, -0.15) is 8.42 Å². The molecule has 378 valence electrons. The van der Waals surface area contributed by atoms with E-state index in [4.69, 9.17) is 0 Å². The van der Waals surface area contributed by atoms with Crippen molar-refractivity contribution >= 4 is 20.9 Å². The van der Waals surface area contributed by atoms with E-state index < -0.39 is 10.1 Å². The first kappa shape index (κ1) is 59.7. The first-order valence-corrected chi connectivity index (χ1v) is 30.9. The summed E-state index contributed by atoms with van der Waals surface area (Å²) in [4.78, 5) is 0.217. The number of hydrogen-bond acceptors (Lipinski definition) is 2. The maximum absolute atomic E-state index is 13.4. The van der Waals surface area contributed by atoms with Crippen molar-refractivity contribution in [3.8, 4) is 0 Å². The van der Waals surface area contributed by atoms with Gasteiger partial charge in [-0.15, -0.1) is 0 Å². The molecule has 0 saturated heterocycles. The first-order chi connectivity index (χ1) is 32.0. The van der Waals surface area contributed by atoms with Gasteiger partial charge in [-0.1, -0.05) is 315 Å². The van der Waals surface area contributed by atoms with Gasteiger partial charge < -0.3 is 0 Å². The summed E-state index contributed by atoms with van der Waals surface area (Å²) in [6, 6.07) is 8.12. The summed E-state index contributed by atoms with van der Waals surface area (Å²) in [7, 11) is -4.38. The predicted octanol–water partition coefficient (Wildman–Crippen LogP) is 21.3. The number of fused-ring (bicyclic) bond motifs is 1. The molecule has 0 aliphatic carbocycles. The SMILES string of the molecule is CCCCCCCCCCCCCCCCCc1c(CCCCCCCCCCCCCCCCC)c(S(=O)(=O)O)c2ccccc2c1CCCCCCCCCCCCCCCCC. The number of unbranched alkanes of at least 4 members (excludes halogenated alkanes) is 42. The summed E-state index contributed by atoms with van der Waals surface area (Å²) in [6.45, 7) is 6.89. The number of aryl methyl sites for hydroxylation is 1. The Morgan fingerprint density at radius 3 is 0.769 bits per heavy atom. The van der Waals surface area contributed by atoms with Gasteiger partial charge in [0, 0.05) is 5.39 Å². The van der Waals surface area contributed by atoms with E-state index in [1.165, 1.54) is 274 Å². The Morgan fingerprint density at radius 2 is 0.508 bits per heavy atom. The van der Waals surface area contributed by atoms with Crippen LogP contribution in [0.2, 0.25) is 0 Å². The molecule has 1 N–H and O–H groups in total. The van der Waals surface area contributed by atoms with Crippen molar-refractivity contribution in [2.75, 3.05) is 0 Å². The van der Waals surface area contributed by atoms with E-state index in [9.17, 15) is 13.0 Å². The molecular formula is C61H110O3S. The van der Waals surface area contributed by atoms with Gasteiger partial charge in [0.1, 0.15) is 4.90 Å². The largest absolute Gasteiger partial charge is 0.295 e. The van der Waals surface area contributed by atoms with E-state index >= 15 is 0 Å². The van der Waals surface area contributed by atoms with E-state index in [1.54, 1.807) is 0 Å². The molecular weight excluding hydrogens is 813 g/mol. The second kappa shape index (κ2) is 42.7. The lowest BCUT2D eigenvalue weighted by Crippen LogP contribution is -2.12. The highest BCUT2D eigenvalue weighted by atomic mass is 32.2. The van der Waals surface area contributed by atoms with Crippen LogP contribution in [0.15, 0.2) is 29.2 Å². The molecule has 0 saturated carbocycles.